The minimum absolute atomic E-state index is 0.230. The summed E-state index contributed by atoms with van der Waals surface area (Å²) in [5.41, 5.74) is 0.141. The Morgan fingerprint density at radius 2 is 0.881 bits per heavy atom. The van der Waals surface area contributed by atoms with E-state index in [2.05, 4.69) is 0 Å². The van der Waals surface area contributed by atoms with E-state index in [1.807, 2.05) is 20.8 Å². The number of ether oxygens (including phenoxy) is 10. The molecule has 0 unspecified atom stereocenters. The van der Waals surface area contributed by atoms with E-state index in [1.165, 1.54) is 0 Å². The van der Waals surface area contributed by atoms with Gasteiger partial charge < -0.3 is 47.4 Å². The predicted molar refractivity (Wildman–Crippen MR) is 154 cm³/mol. The van der Waals surface area contributed by atoms with Crippen LogP contribution in [0.1, 0.15) is 37.6 Å². The lowest BCUT2D eigenvalue weighted by Gasteiger charge is -2.19. The van der Waals surface area contributed by atoms with Crippen LogP contribution in [0.2, 0.25) is 0 Å². The topological polar surface area (TPSA) is 126 Å². The largest absolute Gasteiger partial charge is 0.491 e. The van der Waals surface area contributed by atoms with Crippen LogP contribution in [0.3, 0.4) is 0 Å². The number of esters is 1. The zero-order valence-corrected chi connectivity index (χ0v) is 25.5. The fourth-order valence-electron chi connectivity index (χ4n) is 3.05. The lowest BCUT2D eigenvalue weighted by molar-refractivity contribution is -0.156. The molecule has 0 fully saturated rings. The summed E-state index contributed by atoms with van der Waals surface area (Å²) >= 11 is 0. The van der Waals surface area contributed by atoms with Crippen LogP contribution in [0.5, 0.6) is 5.75 Å². The first-order valence-electron chi connectivity index (χ1n) is 14.4. The molecular formula is C30H50O12. The molecule has 242 valence electrons. The molecule has 0 aliphatic heterocycles. The molecule has 0 radical (unpaired) electrons. The van der Waals surface area contributed by atoms with Gasteiger partial charge in [0.05, 0.1) is 112 Å². The van der Waals surface area contributed by atoms with Crippen LogP contribution < -0.4 is 4.74 Å². The summed E-state index contributed by atoms with van der Waals surface area (Å²) in [6.45, 7) is 13.4. The van der Waals surface area contributed by atoms with Crippen LogP contribution in [0.4, 0.5) is 0 Å². The van der Waals surface area contributed by atoms with Gasteiger partial charge in [-0.2, -0.15) is 0 Å². The maximum absolute atomic E-state index is 11.5. The fraction of sp³-hybridized carbons (Fsp3) is 0.733. The van der Waals surface area contributed by atoms with Gasteiger partial charge in [0.2, 0.25) is 0 Å². The summed E-state index contributed by atoms with van der Waals surface area (Å²) in [7, 11) is 0. The molecule has 1 rings (SSSR count). The van der Waals surface area contributed by atoms with Gasteiger partial charge in [-0.3, -0.25) is 9.59 Å². The Morgan fingerprint density at radius 3 is 1.21 bits per heavy atom. The van der Waals surface area contributed by atoms with Gasteiger partial charge in [0, 0.05) is 5.56 Å². The van der Waals surface area contributed by atoms with Crippen LogP contribution in [0, 0.1) is 0 Å². The maximum atomic E-state index is 11.5. The third kappa shape index (κ3) is 25.5. The van der Waals surface area contributed by atoms with E-state index in [-0.39, 0.29) is 12.4 Å². The van der Waals surface area contributed by atoms with E-state index < -0.39 is 5.60 Å². The van der Waals surface area contributed by atoms with Crippen molar-refractivity contribution >= 4 is 12.3 Å². The number of aldehydes is 1. The van der Waals surface area contributed by atoms with Gasteiger partial charge in [-0.15, -0.1) is 0 Å². The van der Waals surface area contributed by atoms with Crippen molar-refractivity contribution < 1.29 is 57.0 Å². The first kappa shape index (κ1) is 37.9. The Balaban J connectivity index is 1.68. The standard InChI is InChI=1S/C30H50O12/c1-30(2,3)42-29(32)8-9-33-10-11-34-12-13-35-14-15-36-16-17-37-18-19-38-20-21-39-22-23-40-24-25-41-28-6-4-27(26-31)5-7-28/h4-7,26H,8-25H2,1-3H3. The van der Waals surface area contributed by atoms with Crippen LogP contribution in [0.25, 0.3) is 0 Å². The lowest BCUT2D eigenvalue weighted by atomic mass is 10.2. The third-order valence-corrected chi connectivity index (χ3v) is 4.99. The van der Waals surface area contributed by atoms with E-state index in [4.69, 9.17) is 47.4 Å². The Bertz CT molecular complexity index is 767. The predicted octanol–water partition coefficient (Wildman–Crippen LogP) is 2.74. The Labute approximate surface area is 250 Å². The molecule has 42 heavy (non-hydrogen) atoms. The molecule has 0 aliphatic carbocycles. The lowest BCUT2D eigenvalue weighted by Crippen LogP contribution is -2.24. The van der Waals surface area contributed by atoms with Gasteiger partial charge in [0.15, 0.2) is 0 Å². The highest BCUT2D eigenvalue weighted by Crippen LogP contribution is 2.10. The molecule has 0 atom stereocenters. The van der Waals surface area contributed by atoms with E-state index in [0.717, 1.165) is 6.29 Å². The number of hydrogen-bond acceptors (Lipinski definition) is 12. The van der Waals surface area contributed by atoms with Gasteiger partial charge in [-0.05, 0) is 45.0 Å². The second-order valence-corrected chi connectivity index (χ2v) is 9.77. The van der Waals surface area contributed by atoms with Gasteiger partial charge in [-0.25, -0.2) is 0 Å². The molecule has 12 heteroatoms. The zero-order chi connectivity index (χ0) is 30.6. The number of carbonyl (C=O) groups is 2. The number of rotatable bonds is 29. The van der Waals surface area contributed by atoms with E-state index in [1.54, 1.807) is 24.3 Å². The Hall–Kier alpha value is -2.16. The maximum Gasteiger partial charge on any atom is 0.308 e. The molecule has 0 bridgehead atoms. The second kappa shape index (κ2) is 26.5. The first-order valence-corrected chi connectivity index (χ1v) is 14.4. The Morgan fingerprint density at radius 1 is 0.548 bits per heavy atom. The highest BCUT2D eigenvalue weighted by molar-refractivity contribution is 5.74. The molecule has 1 aromatic carbocycles. The van der Waals surface area contributed by atoms with Gasteiger partial charge in [0.25, 0.3) is 0 Å². The van der Waals surface area contributed by atoms with Crippen molar-refractivity contribution in [3.05, 3.63) is 29.8 Å². The van der Waals surface area contributed by atoms with Crippen molar-refractivity contribution in [3.8, 4) is 5.75 Å². The summed E-state index contributed by atoms with van der Waals surface area (Å²) in [5, 5.41) is 0. The third-order valence-electron chi connectivity index (χ3n) is 4.99. The Kier molecular flexibility index (Phi) is 23.9. The average molecular weight is 603 g/mol. The number of hydrogen-bond donors (Lipinski definition) is 0. The van der Waals surface area contributed by atoms with Crippen LogP contribution >= 0.6 is 0 Å². The number of carbonyl (C=O) groups excluding carboxylic acids is 2. The molecule has 1 aromatic rings. The van der Waals surface area contributed by atoms with Gasteiger partial charge in [-0.1, -0.05) is 0 Å². The van der Waals surface area contributed by atoms with Gasteiger partial charge in [0.1, 0.15) is 24.2 Å². The van der Waals surface area contributed by atoms with E-state index in [9.17, 15) is 9.59 Å². The summed E-state index contributed by atoms with van der Waals surface area (Å²) in [6.07, 6.45) is 1.03. The molecule has 0 aromatic heterocycles. The molecule has 0 spiro atoms. The van der Waals surface area contributed by atoms with Crippen LogP contribution in [0.15, 0.2) is 24.3 Å². The molecule has 0 saturated carbocycles. The van der Waals surface area contributed by atoms with Crippen molar-refractivity contribution in [3.63, 3.8) is 0 Å². The smallest absolute Gasteiger partial charge is 0.308 e. The minimum atomic E-state index is -0.474. The molecule has 0 saturated heterocycles. The summed E-state index contributed by atoms with van der Waals surface area (Å²) in [6, 6.07) is 6.92. The highest BCUT2D eigenvalue weighted by atomic mass is 16.6. The molecule has 12 nitrogen and oxygen atoms in total. The van der Waals surface area contributed by atoms with Crippen LogP contribution in [-0.2, 0) is 47.4 Å². The first-order chi connectivity index (χ1) is 20.4. The minimum Gasteiger partial charge on any atom is -0.491 e. The van der Waals surface area contributed by atoms with E-state index in [0.29, 0.717) is 124 Å². The summed E-state index contributed by atoms with van der Waals surface area (Å²) in [5.74, 6) is 0.434. The zero-order valence-electron chi connectivity index (χ0n) is 25.5. The molecular weight excluding hydrogens is 552 g/mol. The van der Waals surface area contributed by atoms with Crippen LogP contribution in [-0.4, -0.2) is 130 Å². The fourth-order valence-corrected chi connectivity index (χ4v) is 3.05. The second-order valence-electron chi connectivity index (χ2n) is 9.77. The van der Waals surface area contributed by atoms with E-state index >= 15 is 0 Å². The quantitative estimate of drug-likeness (QED) is 0.0760. The van der Waals surface area contributed by atoms with Crippen molar-refractivity contribution in [1.29, 1.82) is 0 Å². The van der Waals surface area contributed by atoms with Crippen molar-refractivity contribution in [2.75, 3.05) is 112 Å². The van der Waals surface area contributed by atoms with Crippen molar-refractivity contribution in [1.82, 2.24) is 0 Å². The van der Waals surface area contributed by atoms with Crippen molar-refractivity contribution in [2.24, 2.45) is 0 Å². The molecule has 0 amide bonds. The highest BCUT2D eigenvalue weighted by Gasteiger charge is 2.15. The van der Waals surface area contributed by atoms with Gasteiger partial charge >= 0.3 is 5.97 Å². The molecule has 0 heterocycles. The SMILES string of the molecule is CC(C)(C)OC(=O)CCOCCOCCOCCOCCOCCOCCOCCOCCOc1ccc(C=O)cc1. The average Bonchev–Trinajstić information content (AvgIpc) is 2.96. The van der Waals surface area contributed by atoms with Crippen molar-refractivity contribution in [2.45, 2.75) is 32.8 Å². The molecule has 0 N–H and O–H groups in total. The monoisotopic (exact) mass is 602 g/mol. The summed E-state index contributed by atoms with van der Waals surface area (Å²) < 4.78 is 54.2. The number of benzene rings is 1. The molecule has 0 aliphatic rings. The summed E-state index contributed by atoms with van der Waals surface area (Å²) in [4.78, 5) is 22.2. The normalized spacial score (nSPS) is 11.5.